The summed E-state index contributed by atoms with van der Waals surface area (Å²) in [5, 5.41) is 6.42. The fourth-order valence-corrected chi connectivity index (χ4v) is 4.93. The van der Waals surface area contributed by atoms with Crippen molar-refractivity contribution in [3.05, 3.63) is 42.1 Å². The van der Waals surface area contributed by atoms with E-state index >= 15 is 0 Å². The van der Waals surface area contributed by atoms with E-state index in [9.17, 15) is 9.59 Å². The molecular formula is C24H31N5O2S. The molecule has 2 N–H and O–H groups in total. The Kier molecular flexibility index (Phi) is 8.91. The van der Waals surface area contributed by atoms with E-state index in [0.29, 0.717) is 12.1 Å². The molecule has 1 saturated heterocycles. The molecule has 8 heteroatoms. The van der Waals surface area contributed by atoms with Gasteiger partial charge in [-0.3, -0.25) is 19.5 Å². The number of hydrogen-bond donors (Lipinski definition) is 2. The van der Waals surface area contributed by atoms with Crippen LogP contribution >= 0.6 is 11.9 Å². The van der Waals surface area contributed by atoms with E-state index in [1.165, 1.54) is 10.9 Å². The van der Waals surface area contributed by atoms with E-state index in [0.717, 1.165) is 31.4 Å². The molecule has 0 radical (unpaired) electrons. The van der Waals surface area contributed by atoms with Gasteiger partial charge in [-0.05, 0) is 43.7 Å². The number of amides is 2. The largest absolute Gasteiger partial charge is 0.346 e. The van der Waals surface area contributed by atoms with Gasteiger partial charge in [0.1, 0.15) is 0 Å². The van der Waals surface area contributed by atoms with Crippen LogP contribution in [0.3, 0.4) is 0 Å². The first-order valence-electron chi connectivity index (χ1n) is 10.9. The van der Waals surface area contributed by atoms with Crippen LogP contribution in [0.4, 0.5) is 0 Å². The summed E-state index contributed by atoms with van der Waals surface area (Å²) in [4.78, 5) is 30.9. The van der Waals surface area contributed by atoms with E-state index in [-0.39, 0.29) is 31.4 Å². The molecule has 2 heterocycles. The lowest BCUT2D eigenvalue weighted by Crippen LogP contribution is -2.47. The van der Waals surface area contributed by atoms with Crippen molar-refractivity contribution >= 4 is 34.7 Å². The third kappa shape index (κ3) is 6.22. The molecule has 1 unspecified atom stereocenters. The zero-order valence-corrected chi connectivity index (χ0v) is 19.5. The van der Waals surface area contributed by atoms with Crippen LogP contribution in [0, 0.1) is 12.3 Å². The number of rotatable bonds is 9. The second-order valence-corrected chi connectivity index (χ2v) is 8.71. The van der Waals surface area contributed by atoms with Crippen LogP contribution in [-0.4, -0.2) is 71.0 Å². The summed E-state index contributed by atoms with van der Waals surface area (Å²) in [5.41, 5.74) is 2.33. The van der Waals surface area contributed by atoms with Crippen LogP contribution in [0.1, 0.15) is 31.4 Å². The lowest BCUT2D eigenvalue weighted by Gasteiger charge is -2.40. The molecule has 0 spiro atoms. The van der Waals surface area contributed by atoms with Crippen LogP contribution in [0.5, 0.6) is 0 Å². The van der Waals surface area contributed by atoms with E-state index < -0.39 is 0 Å². The van der Waals surface area contributed by atoms with Crippen LogP contribution in [-0.2, 0) is 9.59 Å². The first-order valence-corrected chi connectivity index (χ1v) is 12.1. The number of carbonyl (C=O) groups is 2. The Morgan fingerprint density at radius 3 is 2.72 bits per heavy atom. The topological polar surface area (TPSA) is 77.6 Å². The number of aromatic nitrogens is 1. The summed E-state index contributed by atoms with van der Waals surface area (Å²) in [6, 6.07) is 11.0. The van der Waals surface area contributed by atoms with Crippen molar-refractivity contribution in [1.82, 2.24) is 24.8 Å². The smallest absolute Gasteiger partial charge is 0.240 e. The first kappa shape index (κ1) is 24.1. The van der Waals surface area contributed by atoms with E-state index in [4.69, 9.17) is 6.42 Å². The van der Waals surface area contributed by atoms with Gasteiger partial charge in [-0.15, -0.1) is 6.42 Å². The molecule has 7 nitrogen and oxygen atoms in total. The predicted molar refractivity (Wildman–Crippen MR) is 130 cm³/mol. The highest BCUT2D eigenvalue weighted by atomic mass is 32.2. The maximum absolute atomic E-state index is 12.3. The Hall–Kier alpha value is -2.60. The number of pyridine rings is 1. The summed E-state index contributed by atoms with van der Waals surface area (Å²) >= 11 is 1.58. The number of likely N-dealkylation sites (tertiary alicyclic amines) is 1. The third-order valence-corrected chi connectivity index (χ3v) is 6.85. The van der Waals surface area contributed by atoms with Crippen molar-refractivity contribution in [3.8, 4) is 12.3 Å². The SMILES string of the molecule is C#CCNC(=O)CNC(=O)CN(SC)C1CCN(C(C)c2ccnc3ccccc23)CC1. The molecule has 170 valence electrons. The van der Waals surface area contributed by atoms with Gasteiger partial charge in [0.25, 0.3) is 0 Å². The fraction of sp³-hybridized carbons (Fsp3) is 0.458. The van der Waals surface area contributed by atoms with Crippen LogP contribution in [0.15, 0.2) is 36.5 Å². The Morgan fingerprint density at radius 2 is 2.00 bits per heavy atom. The average Bonchev–Trinajstić information content (AvgIpc) is 2.84. The minimum Gasteiger partial charge on any atom is -0.346 e. The summed E-state index contributed by atoms with van der Waals surface area (Å²) in [7, 11) is 0. The molecule has 0 saturated carbocycles. The zero-order chi connectivity index (χ0) is 22.9. The molecule has 32 heavy (non-hydrogen) atoms. The van der Waals surface area contributed by atoms with E-state index in [1.54, 1.807) is 11.9 Å². The molecular weight excluding hydrogens is 422 g/mol. The molecule has 0 bridgehead atoms. The average molecular weight is 454 g/mol. The molecule has 1 aliphatic heterocycles. The monoisotopic (exact) mass is 453 g/mol. The van der Waals surface area contributed by atoms with Crippen molar-refractivity contribution in [1.29, 1.82) is 0 Å². The van der Waals surface area contributed by atoms with E-state index in [1.807, 2.05) is 18.5 Å². The third-order valence-electron chi connectivity index (χ3n) is 5.95. The minimum atomic E-state index is -0.280. The molecule has 3 rings (SSSR count). The molecule has 1 fully saturated rings. The standard InChI is InChI=1S/C24H31N5O2S/c1-4-12-26-23(30)16-27-24(31)17-29(32-3)19-10-14-28(15-11-19)18(2)20-9-13-25-22-8-6-5-7-21(20)22/h1,5-9,13,18-19H,10-12,14-17H2,2-3H3,(H,26,30)(H,27,31). The number of benzene rings is 1. The molecule has 1 atom stereocenters. The Bertz CT molecular complexity index is 963. The summed E-state index contributed by atoms with van der Waals surface area (Å²) in [6.45, 7) is 4.56. The maximum Gasteiger partial charge on any atom is 0.240 e. The minimum absolute atomic E-state index is 0.0570. The number of terminal acetylenes is 1. The highest BCUT2D eigenvalue weighted by molar-refractivity contribution is 7.96. The van der Waals surface area contributed by atoms with E-state index in [2.05, 4.69) is 61.9 Å². The number of hydrogen-bond acceptors (Lipinski definition) is 6. The molecule has 2 aromatic rings. The number of nitrogens with one attached hydrogen (secondary N) is 2. The molecule has 1 aliphatic rings. The number of carbonyl (C=O) groups excluding carboxylic acids is 2. The quantitative estimate of drug-likeness (QED) is 0.448. The van der Waals surface area contributed by atoms with Crippen molar-refractivity contribution in [3.63, 3.8) is 0 Å². The van der Waals surface area contributed by atoms with Crippen LogP contribution in [0.25, 0.3) is 10.9 Å². The van der Waals surface area contributed by atoms with Gasteiger partial charge in [0.15, 0.2) is 0 Å². The Balaban J connectivity index is 1.52. The first-order chi connectivity index (χ1) is 15.5. The van der Waals surface area contributed by atoms with Crippen LogP contribution < -0.4 is 10.6 Å². The molecule has 1 aromatic heterocycles. The zero-order valence-electron chi connectivity index (χ0n) is 18.7. The van der Waals surface area contributed by atoms with Crippen molar-refractivity contribution in [2.24, 2.45) is 0 Å². The van der Waals surface area contributed by atoms with Gasteiger partial charge in [-0.2, -0.15) is 0 Å². The predicted octanol–water partition coefficient (Wildman–Crippen LogP) is 2.21. The highest BCUT2D eigenvalue weighted by Gasteiger charge is 2.28. The van der Waals surface area contributed by atoms with Gasteiger partial charge < -0.3 is 10.6 Å². The number of nitrogens with zero attached hydrogens (tertiary/aromatic N) is 3. The van der Waals surface area contributed by atoms with Gasteiger partial charge in [0, 0.05) is 36.8 Å². The van der Waals surface area contributed by atoms with Gasteiger partial charge in [-0.1, -0.05) is 36.1 Å². The molecule has 2 amide bonds. The highest BCUT2D eigenvalue weighted by Crippen LogP contribution is 2.31. The fourth-order valence-electron chi connectivity index (χ4n) is 4.17. The summed E-state index contributed by atoms with van der Waals surface area (Å²) in [5.74, 6) is 1.90. The van der Waals surface area contributed by atoms with Gasteiger partial charge in [0.05, 0.1) is 25.2 Å². The molecule has 1 aromatic carbocycles. The van der Waals surface area contributed by atoms with Gasteiger partial charge in [0.2, 0.25) is 11.8 Å². The lowest BCUT2D eigenvalue weighted by molar-refractivity contribution is -0.126. The second kappa shape index (κ2) is 11.9. The number of piperidine rings is 1. The lowest BCUT2D eigenvalue weighted by atomic mass is 9.98. The summed E-state index contributed by atoms with van der Waals surface area (Å²) < 4.78 is 2.12. The van der Waals surface area contributed by atoms with Crippen molar-refractivity contribution in [2.75, 3.05) is 39.0 Å². The molecule has 0 aliphatic carbocycles. The number of fused-ring (bicyclic) bond motifs is 1. The Labute approximate surface area is 194 Å². The Morgan fingerprint density at radius 1 is 1.25 bits per heavy atom. The second-order valence-electron chi connectivity index (χ2n) is 7.88. The number of para-hydroxylation sites is 1. The summed E-state index contributed by atoms with van der Waals surface area (Å²) in [6.07, 6.45) is 11.0. The van der Waals surface area contributed by atoms with Crippen LogP contribution in [0.2, 0.25) is 0 Å². The van der Waals surface area contributed by atoms with Gasteiger partial charge >= 0.3 is 0 Å². The van der Waals surface area contributed by atoms with Crippen molar-refractivity contribution < 1.29 is 9.59 Å². The maximum atomic E-state index is 12.3. The van der Waals surface area contributed by atoms with Gasteiger partial charge in [-0.25, -0.2) is 4.31 Å². The van der Waals surface area contributed by atoms with Crippen molar-refractivity contribution in [2.45, 2.75) is 31.8 Å². The normalized spacial score (nSPS) is 15.9.